The second-order valence-electron chi connectivity index (χ2n) is 8.07. The Hall–Kier alpha value is -2.66. The van der Waals surface area contributed by atoms with Crippen LogP contribution in [0.1, 0.15) is 40.9 Å². The van der Waals surface area contributed by atoms with Gasteiger partial charge in [-0.3, -0.25) is 14.5 Å². The zero-order valence-electron chi connectivity index (χ0n) is 18.1. The average Bonchev–Trinajstić information content (AvgIpc) is 2.70. The van der Waals surface area contributed by atoms with Crippen LogP contribution in [-0.4, -0.2) is 48.8 Å². The van der Waals surface area contributed by atoms with E-state index in [0.29, 0.717) is 0 Å². The highest BCUT2D eigenvalue weighted by Crippen LogP contribution is 2.23. The number of benzene rings is 2. The van der Waals surface area contributed by atoms with Crippen LogP contribution in [0.15, 0.2) is 36.4 Å². The predicted molar refractivity (Wildman–Crippen MR) is 119 cm³/mol. The molecule has 0 saturated carbocycles. The number of carbonyl (C=O) groups excluding carboxylic acids is 2. The Labute approximate surface area is 173 Å². The van der Waals surface area contributed by atoms with Gasteiger partial charge >= 0.3 is 0 Å². The number of aryl methyl sites for hydroxylation is 3. The van der Waals surface area contributed by atoms with Gasteiger partial charge in [-0.05, 0) is 70.0 Å². The van der Waals surface area contributed by atoms with E-state index in [1.165, 1.54) is 5.56 Å². The zero-order chi connectivity index (χ0) is 21.1. The highest BCUT2D eigenvalue weighted by atomic mass is 16.2. The zero-order valence-corrected chi connectivity index (χ0v) is 18.1. The van der Waals surface area contributed by atoms with Gasteiger partial charge in [0.25, 0.3) is 0 Å². The second-order valence-corrected chi connectivity index (χ2v) is 8.07. The van der Waals surface area contributed by atoms with E-state index in [4.69, 9.17) is 0 Å². The number of piperazine rings is 1. The lowest BCUT2D eigenvalue weighted by Gasteiger charge is -2.38. The van der Waals surface area contributed by atoms with Gasteiger partial charge in [0, 0.05) is 43.1 Å². The third-order valence-corrected chi connectivity index (χ3v) is 5.81. The van der Waals surface area contributed by atoms with Crippen molar-refractivity contribution in [3.63, 3.8) is 0 Å². The molecular weight excluding hydrogens is 362 g/mol. The third-order valence-electron chi connectivity index (χ3n) is 5.81. The van der Waals surface area contributed by atoms with Crippen molar-refractivity contribution in [2.75, 3.05) is 36.4 Å². The number of anilines is 2. The molecular formula is C24H31N3O2. The Bertz CT molecular complexity index is 874. The molecule has 1 saturated heterocycles. The average molecular weight is 394 g/mol. The molecule has 154 valence electrons. The molecule has 0 spiro atoms. The summed E-state index contributed by atoms with van der Waals surface area (Å²) in [6.45, 7) is 13.1. The molecule has 0 radical (unpaired) electrons. The molecule has 5 nitrogen and oxygen atoms in total. The minimum atomic E-state index is -0.183. The Balaban J connectivity index is 1.59. The first-order chi connectivity index (χ1) is 13.8. The van der Waals surface area contributed by atoms with Crippen LogP contribution in [0.5, 0.6) is 0 Å². The van der Waals surface area contributed by atoms with Gasteiger partial charge in [-0.2, -0.15) is 0 Å². The molecule has 1 aliphatic rings. The van der Waals surface area contributed by atoms with E-state index >= 15 is 0 Å². The van der Waals surface area contributed by atoms with Crippen molar-refractivity contribution >= 4 is 23.1 Å². The largest absolute Gasteiger partial charge is 0.369 e. The Morgan fingerprint density at radius 1 is 0.931 bits per heavy atom. The summed E-state index contributed by atoms with van der Waals surface area (Å²) >= 11 is 0. The van der Waals surface area contributed by atoms with Crippen LogP contribution < -0.4 is 10.2 Å². The molecule has 2 aromatic rings. The molecule has 3 rings (SSSR count). The first-order valence-electron chi connectivity index (χ1n) is 10.2. The third kappa shape index (κ3) is 4.85. The van der Waals surface area contributed by atoms with E-state index in [1.807, 2.05) is 45.0 Å². The molecule has 1 amide bonds. The van der Waals surface area contributed by atoms with Crippen LogP contribution >= 0.6 is 0 Å². The highest BCUT2D eigenvalue weighted by Gasteiger charge is 2.26. The summed E-state index contributed by atoms with van der Waals surface area (Å²) in [5.74, 6) is 0.125. The Morgan fingerprint density at radius 2 is 1.48 bits per heavy atom. The van der Waals surface area contributed by atoms with E-state index in [0.717, 1.165) is 54.2 Å². The van der Waals surface area contributed by atoms with E-state index in [1.54, 1.807) is 6.92 Å². The number of nitrogens with zero attached hydrogens (tertiary/aromatic N) is 2. The standard InChI is InChI=1S/C24H31N3O2/c1-16-14-17(2)23(18(3)15-16)25-24(29)19(4)26-10-12-27(13-11-26)22-8-6-21(7-9-22)20(5)28/h6-9,14-15,19H,10-13H2,1-5H3,(H,25,29)/t19-/m0/s1. The van der Waals surface area contributed by atoms with Crippen molar-refractivity contribution in [3.8, 4) is 0 Å². The summed E-state index contributed by atoms with van der Waals surface area (Å²) < 4.78 is 0. The van der Waals surface area contributed by atoms with Gasteiger partial charge in [-0.25, -0.2) is 0 Å². The van der Waals surface area contributed by atoms with Crippen LogP contribution in [-0.2, 0) is 4.79 Å². The number of hydrogen-bond acceptors (Lipinski definition) is 4. The fraction of sp³-hybridized carbons (Fsp3) is 0.417. The maximum Gasteiger partial charge on any atom is 0.241 e. The van der Waals surface area contributed by atoms with E-state index in [2.05, 4.69) is 34.2 Å². The summed E-state index contributed by atoms with van der Waals surface area (Å²) in [6, 6.07) is 11.8. The summed E-state index contributed by atoms with van der Waals surface area (Å²) in [6.07, 6.45) is 0. The highest BCUT2D eigenvalue weighted by molar-refractivity contribution is 5.96. The monoisotopic (exact) mass is 393 g/mol. The van der Waals surface area contributed by atoms with Gasteiger partial charge in [0.15, 0.2) is 5.78 Å². The summed E-state index contributed by atoms with van der Waals surface area (Å²) in [7, 11) is 0. The molecule has 0 unspecified atom stereocenters. The molecule has 1 aliphatic heterocycles. The van der Waals surface area contributed by atoms with Crippen molar-refractivity contribution in [1.29, 1.82) is 0 Å². The van der Waals surface area contributed by atoms with Crippen molar-refractivity contribution in [2.24, 2.45) is 0 Å². The van der Waals surface area contributed by atoms with Gasteiger partial charge in [0.2, 0.25) is 5.91 Å². The molecule has 29 heavy (non-hydrogen) atoms. The van der Waals surface area contributed by atoms with E-state index in [9.17, 15) is 9.59 Å². The van der Waals surface area contributed by atoms with Crippen molar-refractivity contribution in [2.45, 2.75) is 40.7 Å². The molecule has 5 heteroatoms. The maximum absolute atomic E-state index is 12.9. The van der Waals surface area contributed by atoms with Gasteiger partial charge < -0.3 is 10.2 Å². The van der Waals surface area contributed by atoms with Gasteiger partial charge in [0.05, 0.1) is 6.04 Å². The van der Waals surface area contributed by atoms with Gasteiger partial charge in [-0.1, -0.05) is 17.7 Å². The fourth-order valence-electron chi connectivity index (χ4n) is 4.05. The van der Waals surface area contributed by atoms with Gasteiger partial charge in [0.1, 0.15) is 0 Å². The molecule has 1 fully saturated rings. The van der Waals surface area contributed by atoms with Crippen LogP contribution in [0.2, 0.25) is 0 Å². The Kier molecular flexibility index (Phi) is 6.38. The predicted octanol–water partition coefficient (Wildman–Crippen LogP) is 3.96. The van der Waals surface area contributed by atoms with Crippen LogP contribution in [0.3, 0.4) is 0 Å². The number of Topliss-reactive ketones (excluding diaryl/α,β-unsaturated/α-hetero) is 1. The number of amides is 1. The first kappa shape index (κ1) is 21.1. The van der Waals surface area contributed by atoms with Crippen molar-refractivity contribution < 1.29 is 9.59 Å². The SMILES string of the molecule is CC(=O)c1ccc(N2CCN([C@@H](C)C(=O)Nc3c(C)cc(C)cc3C)CC2)cc1. The summed E-state index contributed by atoms with van der Waals surface area (Å²) in [5.41, 5.74) is 6.19. The van der Waals surface area contributed by atoms with E-state index in [-0.39, 0.29) is 17.7 Å². The van der Waals surface area contributed by atoms with Crippen molar-refractivity contribution in [1.82, 2.24) is 4.90 Å². The molecule has 1 N–H and O–H groups in total. The molecule has 0 aromatic heterocycles. The first-order valence-corrected chi connectivity index (χ1v) is 10.2. The van der Waals surface area contributed by atoms with E-state index < -0.39 is 0 Å². The smallest absolute Gasteiger partial charge is 0.241 e. The summed E-state index contributed by atoms with van der Waals surface area (Å²) in [5, 5.41) is 3.14. The van der Waals surface area contributed by atoms with Crippen LogP contribution in [0, 0.1) is 20.8 Å². The summed E-state index contributed by atoms with van der Waals surface area (Å²) in [4.78, 5) is 28.8. The minimum Gasteiger partial charge on any atom is -0.369 e. The normalized spacial score (nSPS) is 15.8. The number of rotatable bonds is 5. The molecule has 1 heterocycles. The molecule has 2 aromatic carbocycles. The quantitative estimate of drug-likeness (QED) is 0.781. The number of carbonyl (C=O) groups is 2. The lowest BCUT2D eigenvalue weighted by molar-refractivity contribution is -0.120. The molecule has 1 atom stereocenters. The number of hydrogen-bond donors (Lipinski definition) is 1. The molecule has 0 aliphatic carbocycles. The maximum atomic E-state index is 12.9. The Morgan fingerprint density at radius 3 is 2.00 bits per heavy atom. The lowest BCUT2D eigenvalue weighted by atomic mass is 10.0. The number of nitrogens with one attached hydrogen (secondary N) is 1. The lowest BCUT2D eigenvalue weighted by Crippen LogP contribution is -2.52. The number of ketones is 1. The minimum absolute atomic E-state index is 0.0410. The topological polar surface area (TPSA) is 52.7 Å². The molecule has 0 bridgehead atoms. The second kappa shape index (κ2) is 8.78. The fourth-order valence-corrected chi connectivity index (χ4v) is 4.05. The van der Waals surface area contributed by atoms with Crippen LogP contribution in [0.25, 0.3) is 0 Å². The van der Waals surface area contributed by atoms with Crippen LogP contribution in [0.4, 0.5) is 11.4 Å². The van der Waals surface area contributed by atoms with Crippen molar-refractivity contribution in [3.05, 3.63) is 58.7 Å². The van der Waals surface area contributed by atoms with Gasteiger partial charge in [-0.15, -0.1) is 0 Å².